The number of aliphatic hydroxyl groups is 2. The van der Waals surface area contributed by atoms with Crippen LogP contribution in [-0.4, -0.2) is 52.6 Å². The summed E-state index contributed by atoms with van der Waals surface area (Å²) < 4.78 is 5.35. The topological polar surface area (TPSA) is 78.7 Å². The van der Waals surface area contributed by atoms with Crippen LogP contribution in [0.5, 0.6) is 0 Å². The molecule has 0 aliphatic carbocycles. The molecule has 0 radical (unpaired) electrons. The van der Waals surface area contributed by atoms with Crippen molar-refractivity contribution >= 4 is 5.82 Å². The second-order valence-corrected chi connectivity index (χ2v) is 3.65. The summed E-state index contributed by atoms with van der Waals surface area (Å²) in [4.78, 5) is 10.3. The lowest BCUT2D eigenvalue weighted by molar-refractivity contribution is 0.00333. The van der Waals surface area contributed by atoms with Gasteiger partial charge >= 0.3 is 0 Å². The van der Waals surface area contributed by atoms with Crippen molar-refractivity contribution in [1.82, 2.24) is 9.97 Å². The molecule has 1 unspecified atom stereocenters. The van der Waals surface area contributed by atoms with Gasteiger partial charge in [-0.15, -0.1) is 0 Å². The summed E-state index contributed by atoms with van der Waals surface area (Å²) in [7, 11) is 0. The predicted molar refractivity (Wildman–Crippen MR) is 57.0 cm³/mol. The summed E-state index contributed by atoms with van der Waals surface area (Å²) in [6.45, 7) is 1.77. The SMILES string of the molecule is OCc1cncc(N2CCOC(CO)C2)n1. The first kappa shape index (κ1) is 11.3. The minimum Gasteiger partial charge on any atom is -0.394 e. The van der Waals surface area contributed by atoms with Gasteiger partial charge in [-0.05, 0) is 0 Å². The Labute approximate surface area is 93.5 Å². The van der Waals surface area contributed by atoms with Crippen LogP contribution in [0.4, 0.5) is 5.82 Å². The predicted octanol–water partition coefficient (Wildman–Crippen LogP) is -0.834. The van der Waals surface area contributed by atoms with E-state index in [-0.39, 0.29) is 19.3 Å². The van der Waals surface area contributed by atoms with Crippen LogP contribution in [0.1, 0.15) is 5.69 Å². The number of morpholine rings is 1. The van der Waals surface area contributed by atoms with E-state index in [0.29, 0.717) is 24.7 Å². The van der Waals surface area contributed by atoms with Crippen LogP contribution >= 0.6 is 0 Å². The molecule has 0 spiro atoms. The van der Waals surface area contributed by atoms with Crippen LogP contribution in [0, 0.1) is 0 Å². The zero-order valence-electron chi connectivity index (χ0n) is 8.91. The second-order valence-electron chi connectivity index (χ2n) is 3.65. The first-order valence-electron chi connectivity index (χ1n) is 5.22. The molecule has 16 heavy (non-hydrogen) atoms. The third kappa shape index (κ3) is 2.46. The highest BCUT2D eigenvalue weighted by Gasteiger charge is 2.20. The van der Waals surface area contributed by atoms with E-state index >= 15 is 0 Å². The van der Waals surface area contributed by atoms with Crippen LogP contribution in [0.15, 0.2) is 12.4 Å². The molecule has 1 aliphatic rings. The van der Waals surface area contributed by atoms with E-state index in [1.807, 2.05) is 4.90 Å². The Balaban J connectivity index is 2.10. The fourth-order valence-corrected chi connectivity index (χ4v) is 1.66. The monoisotopic (exact) mass is 225 g/mol. The van der Waals surface area contributed by atoms with E-state index in [2.05, 4.69) is 9.97 Å². The van der Waals surface area contributed by atoms with Gasteiger partial charge in [0.25, 0.3) is 0 Å². The molecule has 88 valence electrons. The lowest BCUT2D eigenvalue weighted by Crippen LogP contribution is -2.44. The maximum absolute atomic E-state index is 9.03. The lowest BCUT2D eigenvalue weighted by atomic mass is 10.3. The molecule has 6 nitrogen and oxygen atoms in total. The number of hydrogen-bond donors (Lipinski definition) is 2. The fraction of sp³-hybridized carbons (Fsp3) is 0.600. The normalized spacial score (nSPS) is 21.1. The van der Waals surface area contributed by atoms with Gasteiger partial charge in [0, 0.05) is 13.1 Å². The molecular formula is C10H15N3O3. The molecule has 0 saturated carbocycles. The van der Waals surface area contributed by atoms with Gasteiger partial charge in [0.15, 0.2) is 0 Å². The first-order valence-corrected chi connectivity index (χ1v) is 5.22. The van der Waals surface area contributed by atoms with Crippen LogP contribution in [0.3, 0.4) is 0 Å². The van der Waals surface area contributed by atoms with Crippen molar-refractivity contribution in [3.8, 4) is 0 Å². The Morgan fingerprint density at radius 3 is 3.06 bits per heavy atom. The molecule has 0 bridgehead atoms. The van der Waals surface area contributed by atoms with Crippen molar-refractivity contribution in [3.05, 3.63) is 18.1 Å². The average Bonchev–Trinajstić information content (AvgIpc) is 2.39. The van der Waals surface area contributed by atoms with Crippen molar-refractivity contribution in [1.29, 1.82) is 0 Å². The van der Waals surface area contributed by atoms with Crippen LogP contribution in [-0.2, 0) is 11.3 Å². The average molecular weight is 225 g/mol. The van der Waals surface area contributed by atoms with E-state index in [4.69, 9.17) is 14.9 Å². The highest BCUT2D eigenvalue weighted by molar-refractivity contribution is 5.37. The summed E-state index contributed by atoms with van der Waals surface area (Å²) in [6.07, 6.45) is 3.01. The molecular weight excluding hydrogens is 210 g/mol. The summed E-state index contributed by atoms with van der Waals surface area (Å²) in [5, 5.41) is 18.0. The third-order valence-electron chi connectivity index (χ3n) is 2.50. The van der Waals surface area contributed by atoms with Crippen molar-refractivity contribution in [2.24, 2.45) is 0 Å². The fourth-order valence-electron chi connectivity index (χ4n) is 1.66. The maximum Gasteiger partial charge on any atom is 0.147 e. The Morgan fingerprint density at radius 2 is 2.31 bits per heavy atom. The molecule has 2 N–H and O–H groups in total. The number of nitrogens with zero attached hydrogens (tertiary/aromatic N) is 3. The smallest absolute Gasteiger partial charge is 0.147 e. The summed E-state index contributed by atoms with van der Waals surface area (Å²) in [6, 6.07) is 0. The third-order valence-corrected chi connectivity index (χ3v) is 2.50. The molecule has 1 aromatic rings. The van der Waals surface area contributed by atoms with Crippen LogP contribution in [0.2, 0.25) is 0 Å². The van der Waals surface area contributed by atoms with E-state index in [1.54, 1.807) is 6.20 Å². The molecule has 2 rings (SSSR count). The second kappa shape index (κ2) is 5.20. The highest BCUT2D eigenvalue weighted by Crippen LogP contribution is 2.14. The van der Waals surface area contributed by atoms with Gasteiger partial charge in [0.2, 0.25) is 0 Å². The van der Waals surface area contributed by atoms with Gasteiger partial charge in [-0.25, -0.2) is 4.98 Å². The Morgan fingerprint density at radius 1 is 1.44 bits per heavy atom. The van der Waals surface area contributed by atoms with Gasteiger partial charge < -0.3 is 19.8 Å². The largest absolute Gasteiger partial charge is 0.394 e. The Bertz CT molecular complexity index is 348. The minimum atomic E-state index is -0.173. The minimum absolute atomic E-state index is 0.00359. The van der Waals surface area contributed by atoms with E-state index in [0.717, 1.165) is 6.54 Å². The quantitative estimate of drug-likeness (QED) is 0.699. The molecule has 1 atom stereocenters. The van der Waals surface area contributed by atoms with E-state index in [1.165, 1.54) is 6.20 Å². The first-order chi connectivity index (χ1) is 7.83. The summed E-state index contributed by atoms with van der Waals surface area (Å²) >= 11 is 0. The molecule has 6 heteroatoms. The molecule has 1 saturated heterocycles. The van der Waals surface area contributed by atoms with Gasteiger partial charge in [0.1, 0.15) is 5.82 Å². The molecule has 2 heterocycles. The molecule has 1 fully saturated rings. The van der Waals surface area contributed by atoms with E-state index < -0.39 is 0 Å². The van der Waals surface area contributed by atoms with Crippen molar-refractivity contribution in [2.75, 3.05) is 31.2 Å². The zero-order chi connectivity index (χ0) is 11.4. The number of aromatic nitrogens is 2. The number of rotatable bonds is 3. The van der Waals surface area contributed by atoms with Gasteiger partial charge in [-0.2, -0.15) is 0 Å². The van der Waals surface area contributed by atoms with Gasteiger partial charge in [-0.1, -0.05) is 0 Å². The summed E-state index contributed by atoms with van der Waals surface area (Å²) in [5.74, 6) is 0.716. The summed E-state index contributed by atoms with van der Waals surface area (Å²) in [5.41, 5.74) is 0.546. The molecule has 0 amide bonds. The molecule has 1 aromatic heterocycles. The Kier molecular flexibility index (Phi) is 3.66. The lowest BCUT2D eigenvalue weighted by Gasteiger charge is -2.32. The van der Waals surface area contributed by atoms with Crippen molar-refractivity contribution in [3.63, 3.8) is 0 Å². The van der Waals surface area contributed by atoms with Crippen molar-refractivity contribution in [2.45, 2.75) is 12.7 Å². The van der Waals surface area contributed by atoms with E-state index in [9.17, 15) is 0 Å². The zero-order valence-corrected chi connectivity index (χ0v) is 8.91. The van der Waals surface area contributed by atoms with Crippen LogP contribution in [0.25, 0.3) is 0 Å². The molecule has 0 aromatic carbocycles. The molecule has 1 aliphatic heterocycles. The van der Waals surface area contributed by atoms with Gasteiger partial charge in [-0.3, -0.25) is 4.98 Å². The number of aliphatic hydroxyl groups excluding tert-OH is 2. The maximum atomic E-state index is 9.03. The highest BCUT2D eigenvalue weighted by atomic mass is 16.5. The Hall–Kier alpha value is -1.24. The van der Waals surface area contributed by atoms with Gasteiger partial charge in [0.05, 0.1) is 44.0 Å². The number of anilines is 1. The van der Waals surface area contributed by atoms with Crippen molar-refractivity contribution < 1.29 is 14.9 Å². The number of hydrogen-bond acceptors (Lipinski definition) is 6. The standard InChI is InChI=1S/C10H15N3O3/c14-6-8-3-11-4-10(12-8)13-1-2-16-9(5-13)7-15/h3-4,9,14-15H,1-2,5-7H2. The number of ether oxygens (including phenoxy) is 1. The van der Waals surface area contributed by atoms with Crippen LogP contribution < -0.4 is 4.90 Å².